The third kappa shape index (κ3) is 5.24. The predicted molar refractivity (Wildman–Crippen MR) is 249 cm³/mol. The van der Waals surface area contributed by atoms with Gasteiger partial charge in [0.15, 0.2) is 0 Å². The van der Waals surface area contributed by atoms with E-state index in [-0.39, 0.29) is 114 Å². The van der Waals surface area contributed by atoms with E-state index in [1.807, 2.05) is 0 Å². The largest absolute Gasteiger partial charge is 0.404 e. The number of rotatable bonds is 0. The Labute approximate surface area is 432 Å². The molecule has 2 aromatic heterocycles. The molecule has 0 radical (unpaired) electrons. The number of aliphatic imine (C=N–C) groups is 2. The Morgan fingerprint density at radius 1 is 0.338 bits per heavy atom. The molecule has 10 aromatic rings. The van der Waals surface area contributed by atoms with Gasteiger partial charge in [-0.15, -0.1) is 9.15 Å². The number of hydrogen-bond donors (Lipinski definition) is 0. The summed E-state index contributed by atoms with van der Waals surface area (Å²) in [5.74, 6) is 4.21. The van der Waals surface area contributed by atoms with Crippen LogP contribution in [0.2, 0.25) is 0 Å². The molecular weight excluding hydrogens is 1480 g/mol. The molecule has 1 spiro atoms. The summed E-state index contributed by atoms with van der Waals surface area (Å²) in [4.78, 5) is 22.9. The van der Waals surface area contributed by atoms with Crippen molar-refractivity contribution in [2.75, 3.05) is 0 Å². The van der Waals surface area contributed by atoms with E-state index in [0.717, 1.165) is 89.8 Å². The molecule has 0 N–H and O–H groups in total. The topological polar surface area (TPSA) is 65.3 Å². The minimum Gasteiger partial charge on any atom is -0.358 e. The second kappa shape index (κ2) is 15.5. The van der Waals surface area contributed by atoms with Crippen LogP contribution in [0.25, 0.3) is 64.6 Å². The summed E-state index contributed by atoms with van der Waals surface area (Å²) in [6, 6.07) is 52.9. The number of aromatic nitrogens is 2. The Kier molecular flexibility index (Phi) is 11.1. The van der Waals surface area contributed by atoms with Crippen molar-refractivity contribution in [1.29, 1.82) is 0 Å². The summed E-state index contributed by atoms with van der Waals surface area (Å²) in [5, 5.41) is 13.6. The monoisotopic (exact) mass is 1520 g/mol. The first kappa shape index (κ1) is 46.4. The van der Waals surface area contributed by atoms with Crippen LogP contribution in [0, 0.1) is 29.7 Å². The molecule has 0 aliphatic carbocycles. The Morgan fingerprint density at radius 2 is 0.631 bits per heavy atom. The average molecular weight is 1520 g/mol. The fourth-order valence-corrected chi connectivity index (χ4v) is 10.8. The van der Waals surface area contributed by atoms with Crippen molar-refractivity contribution in [2.24, 2.45) is 20.0 Å². The average Bonchev–Trinajstić information content (AvgIpc) is 3.95. The van der Waals surface area contributed by atoms with Crippen molar-refractivity contribution in [3.05, 3.63) is 209 Å². The molecule has 8 aromatic carbocycles. The molecule has 0 bridgehead atoms. The van der Waals surface area contributed by atoms with E-state index < -0.39 is 5.91 Å². The van der Waals surface area contributed by atoms with Crippen molar-refractivity contribution < 1.29 is 93.4 Å². The number of benzene rings is 8. The zero-order valence-corrected chi connectivity index (χ0v) is 47.3. The van der Waals surface area contributed by atoms with Crippen molar-refractivity contribution in [3.63, 3.8) is 0 Å². The van der Waals surface area contributed by atoms with Gasteiger partial charge in [-0.2, -0.15) is 9.13 Å². The van der Waals surface area contributed by atoms with Gasteiger partial charge in [0.2, 0.25) is 22.6 Å². The van der Waals surface area contributed by atoms with Gasteiger partial charge in [-0.25, -0.2) is 0 Å². The van der Waals surface area contributed by atoms with Crippen molar-refractivity contribution >= 4 is 99.6 Å². The van der Waals surface area contributed by atoms with E-state index in [4.69, 9.17) is 20.0 Å². The van der Waals surface area contributed by atoms with Crippen LogP contribution in [0.1, 0.15) is 22.3 Å². The Morgan fingerprint density at radius 3 is 0.969 bits per heavy atom. The zero-order valence-electron chi connectivity index (χ0n) is 35.6. The molecule has 8 nitrogen and oxygen atoms in total. The second-order valence-corrected chi connectivity index (χ2v) is 16.0. The SMILES string of the molecule is [CH3-].[CH3-].[CH3-].[CH3-].[W].[W].[W].[W].c1ccc2cc3c(cc2c1)C1=Nc2c4cc5ccccc5cc4c4n2C25n6c(c7cc8ccccc8cc7c6=NC6=[N+]2C(=N4)c2cc4ccccc4cc26)=NC3=[N+]15. The van der Waals surface area contributed by atoms with Gasteiger partial charge in [0.25, 0.3) is 23.3 Å². The Hall–Kier alpha value is -5.09. The van der Waals surface area contributed by atoms with Gasteiger partial charge in [0.1, 0.15) is 0 Å². The maximum absolute atomic E-state index is 5.72. The number of hydrogen-bond acceptors (Lipinski definition) is 4. The van der Waals surface area contributed by atoms with Gasteiger partial charge in [0, 0.05) is 106 Å². The van der Waals surface area contributed by atoms with Crippen LogP contribution in [-0.4, -0.2) is 41.6 Å². The molecule has 0 saturated heterocycles. The summed E-state index contributed by atoms with van der Waals surface area (Å²) in [6.07, 6.45) is 0. The van der Waals surface area contributed by atoms with Crippen LogP contribution in [-0.2, 0) is 90.2 Å². The third-order valence-electron chi connectivity index (χ3n) is 13.2. The smallest absolute Gasteiger partial charge is 0.358 e. The summed E-state index contributed by atoms with van der Waals surface area (Å²) in [7, 11) is 0. The molecule has 8 heterocycles. The molecular formula is C53H36N8W4-2. The van der Waals surface area contributed by atoms with E-state index in [9.17, 15) is 0 Å². The van der Waals surface area contributed by atoms with E-state index >= 15 is 0 Å². The molecule has 0 fully saturated rings. The fourth-order valence-electron chi connectivity index (χ4n) is 10.8. The van der Waals surface area contributed by atoms with Gasteiger partial charge in [-0.05, 0) is 91.6 Å². The van der Waals surface area contributed by atoms with Crippen molar-refractivity contribution in [3.8, 4) is 0 Å². The maximum atomic E-state index is 5.72. The first-order chi connectivity index (χ1) is 28.2. The van der Waals surface area contributed by atoms with Gasteiger partial charge in [-0.1, -0.05) is 117 Å². The van der Waals surface area contributed by atoms with Crippen molar-refractivity contribution in [2.45, 2.75) is 5.91 Å². The quantitative estimate of drug-likeness (QED) is 0.107. The normalized spacial score (nSPS) is 14.8. The molecule has 0 amide bonds. The van der Waals surface area contributed by atoms with Crippen LogP contribution in [0.15, 0.2) is 166 Å². The maximum Gasteiger partial charge on any atom is 0.404 e. The summed E-state index contributed by atoms with van der Waals surface area (Å²) in [5.41, 5.74) is 6.04. The molecule has 16 rings (SSSR count). The molecule has 12 heteroatoms. The predicted octanol–water partition coefficient (Wildman–Crippen LogP) is 10.1. The van der Waals surface area contributed by atoms with Gasteiger partial charge in [-0.3, -0.25) is 0 Å². The molecule has 65 heavy (non-hydrogen) atoms. The van der Waals surface area contributed by atoms with E-state index in [2.05, 4.69) is 164 Å². The standard InChI is InChI=1S/C49H24N8.4CH3.4W/c1-2-10-26-18-34-33(17-25(26)9-1)41-50-43-35-19-27-11-3-4-12-28(27)20-36(35)45-52-47-39-23-31-15-7-8-16-32(31)24-40(39)48-53-46-38-22-30-14-6-5-13-29(30)21-37(38)44-51-42(34)54(41)49(55(43)45,56(44)46)57(47)48;;;;;;;;/h1-24H;4*1H3;;;;/q+2;4*-1;;;;. The third-order valence-corrected chi connectivity index (χ3v) is 13.2. The van der Waals surface area contributed by atoms with Crippen LogP contribution in [0.4, 0.5) is 11.6 Å². The van der Waals surface area contributed by atoms with Crippen LogP contribution in [0.3, 0.4) is 0 Å². The van der Waals surface area contributed by atoms with E-state index in [1.54, 1.807) is 0 Å². The first-order valence-electron chi connectivity index (χ1n) is 19.4. The van der Waals surface area contributed by atoms with Gasteiger partial charge in [0.05, 0.1) is 22.3 Å². The van der Waals surface area contributed by atoms with E-state index in [1.165, 1.54) is 43.1 Å². The van der Waals surface area contributed by atoms with E-state index in [0.29, 0.717) is 0 Å². The molecule has 6 aliphatic rings. The fraction of sp³-hybridized carbons (Fsp3) is 0.0189. The van der Waals surface area contributed by atoms with Gasteiger partial charge < -0.3 is 29.7 Å². The summed E-state index contributed by atoms with van der Waals surface area (Å²) in [6.45, 7) is 0. The number of fused-ring (bicyclic) bond motifs is 16. The number of nitrogens with zero attached hydrogens (tertiary/aromatic N) is 8. The Bertz CT molecular complexity index is 3810. The molecule has 0 atom stereocenters. The minimum atomic E-state index is -1.06. The first-order valence-corrected chi connectivity index (χ1v) is 19.4. The zero-order chi connectivity index (χ0) is 36.5. The minimum absolute atomic E-state index is 0. The molecule has 0 saturated carbocycles. The Balaban J connectivity index is 0.000000720. The molecule has 0 unspecified atom stereocenters. The summed E-state index contributed by atoms with van der Waals surface area (Å²) < 4.78 is 9.59. The van der Waals surface area contributed by atoms with Crippen LogP contribution in [0.5, 0.6) is 0 Å². The summed E-state index contributed by atoms with van der Waals surface area (Å²) >= 11 is 0. The molecule has 6 aliphatic heterocycles. The van der Waals surface area contributed by atoms with Crippen molar-refractivity contribution in [1.82, 2.24) is 9.13 Å². The number of amidine groups is 4. The van der Waals surface area contributed by atoms with Gasteiger partial charge >= 0.3 is 5.91 Å². The van der Waals surface area contributed by atoms with Crippen LogP contribution >= 0.6 is 0 Å². The van der Waals surface area contributed by atoms with Crippen LogP contribution < -0.4 is 11.0 Å². The molecule has 314 valence electrons. The second-order valence-electron chi connectivity index (χ2n) is 16.0.